The number of nitrogens with zero attached hydrogens (tertiary/aromatic N) is 2. The van der Waals surface area contributed by atoms with E-state index in [9.17, 15) is 0 Å². The summed E-state index contributed by atoms with van der Waals surface area (Å²) in [5.41, 5.74) is 4.33. The molecule has 0 N–H and O–H groups in total. The number of aromatic nitrogens is 2. The van der Waals surface area contributed by atoms with Gasteiger partial charge in [0.15, 0.2) is 0 Å². The van der Waals surface area contributed by atoms with Gasteiger partial charge in [0.1, 0.15) is 11.6 Å². The van der Waals surface area contributed by atoms with Crippen LogP contribution in [0, 0.1) is 0 Å². The molecule has 0 spiro atoms. The Morgan fingerprint density at radius 1 is 1.19 bits per heavy atom. The Labute approximate surface area is 129 Å². The average Bonchev–Trinajstić information content (AvgIpc) is 2.92. The van der Waals surface area contributed by atoms with Gasteiger partial charge in [0, 0.05) is 11.8 Å². The first-order valence-corrected chi connectivity index (χ1v) is 7.51. The maximum Gasteiger partial charge on any atom is 0.129 e. The molecule has 0 aliphatic carbocycles. The van der Waals surface area contributed by atoms with Crippen LogP contribution in [-0.4, -0.2) is 16.7 Å². The maximum atomic E-state index is 6.09. The van der Waals surface area contributed by atoms with E-state index in [0.29, 0.717) is 5.88 Å². The summed E-state index contributed by atoms with van der Waals surface area (Å²) in [6.07, 6.45) is 1.00. The fourth-order valence-electron chi connectivity index (χ4n) is 2.53. The summed E-state index contributed by atoms with van der Waals surface area (Å²) in [7, 11) is 1.66. The van der Waals surface area contributed by atoms with Crippen molar-refractivity contribution < 1.29 is 4.74 Å². The summed E-state index contributed by atoms with van der Waals surface area (Å²) in [6.45, 7) is 2.15. The van der Waals surface area contributed by atoms with Crippen LogP contribution in [0.5, 0.6) is 5.75 Å². The highest BCUT2D eigenvalue weighted by atomic mass is 35.5. The standard InChI is InChI=1S/C17H17ClN2O/c1-3-12-5-4-6-13(9-12)20-16-8-7-14(21-2)10-15(16)19-17(20)11-18/h4-10H,3,11H2,1-2H3. The van der Waals surface area contributed by atoms with Crippen LogP contribution in [0.4, 0.5) is 0 Å². The molecular formula is C17H17ClN2O. The fourth-order valence-corrected chi connectivity index (χ4v) is 2.71. The van der Waals surface area contributed by atoms with Gasteiger partial charge >= 0.3 is 0 Å². The predicted octanol–water partition coefficient (Wildman–Crippen LogP) is 4.34. The summed E-state index contributed by atoms with van der Waals surface area (Å²) < 4.78 is 7.38. The van der Waals surface area contributed by atoms with Crippen LogP contribution in [0.2, 0.25) is 0 Å². The first-order chi connectivity index (χ1) is 10.3. The summed E-state index contributed by atoms with van der Waals surface area (Å²) in [6, 6.07) is 14.4. The van der Waals surface area contributed by atoms with Crippen LogP contribution in [0.25, 0.3) is 16.7 Å². The first kappa shape index (κ1) is 14.0. The molecule has 2 aromatic carbocycles. The molecule has 1 aromatic heterocycles. The van der Waals surface area contributed by atoms with Gasteiger partial charge in [-0.05, 0) is 36.2 Å². The van der Waals surface area contributed by atoms with Crippen LogP contribution in [0.15, 0.2) is 42.5 Å². The molecule has 4 heteroatoms. The molecule has 0 amide bonds. The number of halogens is 1. The fraction of sp³-hybridized carbons (Fsp3) is 0.235. The zero-order valence-electron chi connectivity index (χ0n) is 12.1. The monoisotopic (exact) mass is 300 g/mol. The lowest BCUT2D eigenvalue weighted by Crippen LogP contribution is -2.00. The van der Waals surface area contributed by atoms with E-state index in [1.807, 2.05) is 18.2 Å². The van der Waals surface area contributed by atoms with E-state index in [4.69, 9.17) is 16.3 Å². The molecule has 1 heterocycles. The molecule has 0 aliphatic rings. The molecule has 0 bridgehead atoms. The largest absolute Gasteiger partial charge is 0.497 e. The Morgan fingerprint density at radius 3 is 2.76 bits per heavy atom. The van der Waals surface area contributed by atoms with Gasteiger partial charge in [0.2, 0.25) is 0 Å². The van der Waals surface area contributed by atoms with E-state index < -0.39 is 0 Å². The number of aryl methyl sites for hydroxylation is 1. The van der Waals surface area contributed by atoms with E-state index >= 15 is 0 Å². The third-order valence-corrected chi connectivity index (χ3v) is 3.87. The Balaban J connectivity index is 2.24. The second-order valence-corrected chi connectivity index (χ2v) is 5.14. The number of hydrogen-bond acceptors (Lipinski definition) is 2. The smallest absolute Gasteiger partial charge is 0.129 e. The number of methoxy groups -OCH3 is 1. The molecule has 0 saturated carbocycles. The maximum absolute atomic E-state index is 6.09. The minimum atomic E-state index is 0.368. The van der Waals surface area contributed by atoms with E-state index in [0.717, 1.165) is 34.7 Å². The molecule has 108 valence electrons. The summed E-state index contributed by atoms with van der Waals surface area (Å²) in [5.74, 6) is 2.01. The highest BCUT2D eigenvalue weighted by Crippen LogP contribution is 2.26. The Kier molecular flexibility index (Phi) is 3.84. The van der Waals surface area contributed by atoms with Crippen molar-refractivity contribution in [3.8, 4) is 11.4 Å². The van der Waals surface area contributed by atoms with E-state index in [1.54, 1.807) is 7.11 Å². The van der Waals surface area contributed by atoms with Gasteiger partial charge in [0.25, 0.3) is 0 Å². The number of rotatable bonds is 4. The molecule has 0 saturated heterocycles. The molecule has 0 unspecified atom stereocenters. The van der Waals surface area contributed by atoms with Crippen molar-refractivity contribution in [1.82, 2.24) is 9.55 Å². The van der Waals surface area contributed by atoms with Gasteiger partial charge in [-0.2, -0.15) is 0 Å². The molecule has 0 fully saturated rings. The second kappa shape index (κ2) is 5.78. The van der Waals surface area contributed by atoms with Gasteiger partial charge in [-0.1, -0.05) is 19.1 Å². The predicted molar refractivity (Wildman–Crippen MR) is 86.6 cm³/mol. The van der Waals surface area contributed by atoms with Gasteiger partial charge in [-0.15, -0.1) is 11.6 Å². The van der Waals surface area contributed by atoms with Crippen LogP contribution >= 0.6 is 11.6 Å². The highest BCUT2D eigenvalue weighted by Gasteiger charge is 2.12. The summed E-state index contributed by atoms with van der Waals surface area (Å²) in [5, 5.41) is 0. The van der Waals surface area contributed by atoms with Crippen LogP contribution < -0.4 is 4.74 Å². The number of ether oxygens (including phenoxy) is 1. The van der Waals surface area contributed by atoms with Crippen molar-refractivity contribution in [2.24, 2.45) is 0 Å². The molecule has 3 aromatic rings. The molecule has 0 aliphatic heterocycles. The topological polar surface area (TPSA) is 27.1 Å². The van der Waals surface area contributed by atoms with Gasteiger partial charge in [-0.3, -0.25) is 4.57 Å². The van der Waals surface area contributed by atoms with Crippen molar-refractivity contribution in [3.63, 3.8) is 0 Å². The van der Waals surface area contributed by atoms with Crippen molar-refractivity contribution in [1.29, 1.82) is 0 Å². The van der Waals surface area contributed by atoms with E-state index in [2.05, 4.69) is 40.7 Å². The number of alkyl halides is 1. The molecular weight excluding hydrogens is 284 g/mol. The van der Waals surface area contributed by atoms with Gasteiger partial charge < -0.3 is 4.74 Å². The zero-order valence-corrected chi connectivity index (χ0v) is 12.9. The molecule has 3 nitrogen and oxygen atoms in total. The minimum absolute atomic E-state index is 0.368. The van der Waals surface area contributed by atoms with Crippen molar-refractivity contribution in [2.75, 3.05) is 7.11 Å². The SMILES string of the molecule is CCc1cccc(-n2c(CCl)nc3cc(OC)ccc32)c1. The quantitative estimate of drug-likeness (QED) is 0.670. The van der Waals surface area contributed by atoms with Gasteiger partial charge in [-0.25, -0.2) is 4.98 Å². The van der Waals surface area contributed by atoms with Crippen molar-refractivity contribution >= 4 is 22.6 Å². The van der Waals surface area contributed by atoms with Crippen LogP contribution in [0.1, 0.15) is 18.3 Å². The van der Waals surface area contributed by atoms with Gasteiger partial charge in [0.05, 0.1) is 24.0 Å². The summed E-state index contributed by atoms with van der Waals surface area (Å²) in [4.78, 5) is 4.62. The number of benzene rings is 2. The highest BCUT2D eigenvalue weighted by molar-refractivity contribution is 6.17. The number of fused-ring (bicyclic) bond motifs is 1. The normalized spacial score (nSPS) is 11.0. The van der Waals surface area contributed by atoms with Crippen LogP contribution in [-0.2, 0) is 12.3 Å². The Hall–Kier alpha value is -2.00. The lowest BCUT2D eigenvalue weighted by Gasteiger charge is -2.09. The third-order valence-electron chi connectivity index (χ3n) is 3.63. The Bertz CT molecular complexity index is 780. The van der Waals surface area contributed by atoms with E-state index in [-0.39, 0.29) is 0 Å². The van der Waals surface area contributed by atoms with Crippen molar-refractivity contribution in [3.05, 3.63) is 53.9 Å². The average molecular weight is 301 g/mol. The molecule has 0 atom stereocenters. The molecule has 3 rings (SSSR count). The summed E-state index contributed by atoms with van der Waals surface area (Å²) >= 11 is 6.09. The van der Waals surface area contributed by atoms with E-state index in [1.165, 1.54) is 5.56 Å². The van der Waals surface area contributed by atoms with Crippen LogP contribution in [0.3, 0.4) is 0 Å². The minimum Gasteiger partial charge on any atom is -0.497 e. The third kappa shape index (κ3) is 2.49. The second-order valence-electron chi connectivity index (χ2n) is 4.88. The Morgan fingerprint density at radius 2 is 2.05 bits per heavy atom. The lowest BCUT2D eigenvalue weighted by molar-refractivity contribution is 0.415. The lowest BCUT2D eigenvalue weighted by atomic mass is 10.1. The molecule has 21 heavy (non-hydrogen) atoms. The number of hydrogen-bond donors (Lipinski definition) is 0. The first-order valence-electron chi connectivity index (χ1n) is 6.97. The molecule has 0 radical (unpaired) electrons. The van der Waals surface area contributed by atoms with Crippen molar-refractivity contribution in [2.45, 2.75) is 19.2 Å². The number of imidazole rings is 1. The zero-order chi connectivity index (χ0) is 14.8.